The monoisotopic (exact) mass is 123 g/mol. The van der Waals surface area contributed by atoms with Gasteiger partial charge in [-0.05, 0) is 11.6 Å². The molecule has 1 aromatic carbocycles. The van der Waals surface area contributed by atoms with Gasteiger partial charge in [0.05, 0.1) is 6.67 Å². The zero-order valence-corrected chi connectivity index (χ0v) is 5.10. The first-order chi connectivity index (χ1) is 4.43. The van der Waals surface area contributed by atoms with Crippen molar-refractivity contribution in [1.82, 2.24) is 0 Å². The molecule has 0 spiro atoms. The third kappa shape index (κ3) is 1.84. The molecule has 47 valence electrons. The first kappa shape index (κ1) is 6.27. The molecule has 0 amide bonds. The lowest BCUT2D eigenvalue weighted by Gasteiger charge is -1.91. The van der Waals surface area contributed by atoms with Crippen molar-refractivity contribution in [3.05, 3.63) is 35.9 Å². The second-order valence-corrected chi connectivity index (χ2v) is 1.85. The van der Waals surface area contributed by atoms with E-state index in [1.54, 1.807) is 12.1 Å². The third-order valence-electron chi connectivity index (χ3n) is 1.17. The second kappa shape index (κ2) is 3.23. The Morgan fingerprint density at radius 1 is 1.33 bits per heavy atom. The van der Waals surface area contributed by atoms with Crippen LogP contribution in [0.3, 0.4) is 0 Å². The highest BCUT2D eigenvalue weighted by Crippen LogP contribution is 1.98. The molecule has 1 radical (unpaired) electrons. The highest BCUT2D eigenvalue weighted by Gasteiger charge is 1.86. The molecule has 0 aliphatic carbocycles. The van der Waals surface area contributed by atoms with E-state index in [-0.39, 0.29) is 6.67 Å². The van der Waals surface area contributed by atoms with Gasteiger partial charge in [-0.25, -0.2) is 0 Å². The van der Waals surface area contributed by atoms with Crippen molar-refractivity contribution in [3.63, 3.8) is 0 Å². The van der Waals surface area contributed by atoms with E-state index in [0.717, 1.165) is 5.56 Å². The quantitative estimate of drug-likeness (QED) is 0.564. The Kier molecular flexibility index (Phi) is 2.25. The van der Waals surface area contributed by atoms with Gasteiger partial charge < -0.3 is 0 Å². The van der Waals surface area contributed by atoms with E-state index in [4.69, 9.17) is 0 Å². The minimum absolute atomic E-state index is 0.274. The molecule has 0 unspecified atom stereocenters. The third-order valence-corrected chi connectivity index (χ3v) is 1.17. The molecule has 0 nitrogen and oxygen atoms in total. The minimum Gasteiger partial charge on any atom is -0.251 e. The second-order valence-electron chi connectivity index (χ2n) is 1.85. The van der Waals surface area contributed by atoms with E-state index in [1.165, 1.54) is 0 Å². The highest BCUT2D eigenvalue weighted by molar-refractivity contribution is 5.13. The summed E-state index contributed by atoms with van der Waals surface area (Å²) in [5.41, 5.74) is 1.04. The first-order valence-corrected chi connectivity index (χ1v) is 2.94. The maximum atomic E-state index is 11.7. The average molecular weight is 123 g/mol. The molecule has 0 aliphatic rings. The summed E-state index contributed by atoms with van der Waals surface area (Å²) in [5.74, 6) is 0. The summed E-state index contributed by atoms with van der Waals surface area (Å²) < 4.78 is 11.7. The van der Waals surface area contributed by atoms with E-state index in [0.29, 0.717) is 6.42 Å². The summed E-state index contributed by atoms with van der Waals surface area (Å²) >= 11 is 0. The molecule has 0 atom stereocenters. The molecule has 1 aromatic rings. The van der Waals surface area contributed by atoms with Crippen molar-refractivity contribution in [1.29, 1.82) is 0 Å². The van der Waals surface area contributed by atoms with Gasteiger partial charge in [0.25, 0.3) is 0 Å². The minimum atomic E-state index is -0.274. The Balaban J connectivity index is 2.61. The lowest BCUT2D eigenvalue weighted by Crippen LogP contribution is -1.83. The standard InChI is InChI=1S/C8H8F/c9-7-6-8-4-2-1-3-5-8/h2-5H,6-7H2. The Morgan fingerprint density at radius 2 is 2.00 bits per heavy atom. The van der Waals surface area contributed by atoms with Gasteiger partial charge in [-0.3, -0.25) is 4.39 Å². The summed E-state index contributed by atoms with van der Waals surface area (Å²) in [7, 11) is 0. The molecule has 0 saturated carbocycles. The van der Waals surface area contributed by atoms with Gasteiger partial charge in [0.2, 0.25) is 0 Å². The van der Waals surface area contributed by atoms with Crippen molar-refractivity contribution >= 4 is 0 Å². The molecule has 1 rings (SSSR count). The van der Waals surface area contributed by atoms with Crippen LogP contribution in [0.25, 0.3) is 0 Å². The molecule has 0 heterocycles. The molecule has 0 saturated heterocycles. The fraction of sp³-hybridized carbons (Fsp3) is 0.250. The van der Waals surface area contributed by atoms with Gasteiger partial charge in [0.15, 0.2) is 0 Å². The van der Waals surface area contributed by atoms with Gasteiger partial charge in [0, 0.05) is 6.42 Å². The molecule has 1 heteroatoms. The summed E-state index contributed by atoms with van der Waals surface area (Å²) in [4.78, 5) is 0. The van der Waals surface area contributed by atoms with Crippen LogP contribution in [-0.4, -0.2) is 6.67 Å². The number of alkyl halides is 1. The topological polar surface area (TPSA) is 0 Å². The van der Waals surface area contributed by atoms with Crippen molar-refractivity contribution in [2.24, 2.45) is 0 Å². The van der Waals surface area contributed by atoms with E-state index in [2.05, 4.69) is 6.07 Å². The molecule has 0 aromatic heterocycles. The van der Waals surface area contributed by atoms with Gasteiger partial charge >= 0.3 is 0 Å². The maximum absolute atomic E-state index is 11.7. The van der Waals surface area contributed by atoms with Crippen LogP contribution in [0, 0.1) is 6.07 Å². The van der Waals surface area contributed by atoms with E-state index in [1.807, 2.05) is 12.1 Å². The summed E-state index contributed by atoms with van der Waals surface area (Å²) in [6.07, 6.45) is 0.522. The van der Waals surface area contributed by atoms with Gasteiger partial charge in [-0.1, -0.05) is 24.3 Å². The highest BCUT2D eigenvalue weighted by atomic mass is 19.1. The lowest BCUT2D eigenvalue weighted by atomic mass is 10.2. The van der Waals surface area contributed by atoms with Crippen LogP contribution in [0.1, 0.15) is 5.56 Å². The van der Waals surface area contributed by atoms with Crippen molar-refractivity contribution in [2.75, 3.05) is 6.67 Å². The van der Waals surface area contributed by atoms with Crippen LogP contribution >= 0.6 is 0 Å². The molecule has 0 bridgehead atoms. The molecule has 0 fully saturated rings. The summed E-state index contributed by atoms with van der Waals surface area (Å²) in [6.45, 7) is -0.274. The number of hydrogen-bond donors (Lipinski definition) is 0. The number of halogens is 1. The normalized spacial score (nSPS) is 9.44. The van der Waals surface area contributed by atoms with Gasteiger partial charge in [-0.15, -0.1) is 0 Å². The molecule has 0 N–H and O–H groups in total. The Bertz CT molecular complexity index is 157. The molecule has 9 heavy (non-hydrogen) atoms. The van der Waals surface area contributed by atoms with Crippen LogP contribution in [-0.2, 0) is 6.42 Å². The Hall–Kier alpha value is -0.850. The van der Waals surface area contributed by atoms with Gasteiger partial charge in [0.1, 0.15) is 0 Å². The number of hydrogen-bond acceptors (Lipinski definition) is 0. The van der Waals surface area contributed by atoms with Crippen LogP contribution in [0.4, 0.5) is 4.39 Å². The largest absolute Gasteiger partial charge is 0.251 e. The van der Waals surface area contributed by atoms with Crippen molar-refractivity contribution < 1.29 is 4.39 Å². The van der Waals surface area contributed by atoms with Crippen LogP contribution in [0.2, 0.25) is 0 Å². The van der Waals surface area contributed by atoms with Crippen LogP contribution < -0.4 is 0 Å². The van der Waals surface area contributed by atoms with Crippen molar-refractivity contribution in [2.45, 2.75) is 6.42 Å². The predicted molar refractivity (Wildman–Crippen MR) is 35.0 cm³/mol. The zero-order chi connectivity index (χ0) is 6.53. The summed E-state index contributed by atoms with van der Waals surface area (Å²) in [6, 6.07) is 10.2. The van der Waals surface area contributed by atoms with E-state index < -0.39 is 0 Å². The SMILES string of the molecule is FCCc1cc[c]cc1. The zero-order valence-electron chi connectivity index (χ0n) is 5.10. The fourth-order valence-corrected chi connectivity index (χ4v) is 0.697. The number of benzene rings is 1. The Labute approximate surface area is 54.3 Å². The van der Waals surface area contributed by atoms with Gasteiger partial charge in [-0.2, -0.15) is 0 Å². The molecular formula is C8H8F. The average Bonchev–Trinajstić information content (AvgIpc) is 1.91. The smallest absolute Gasteiger partial charge is 0.0934 e. The van der Waals surface area contributed by atoms with Crippen molar-refractivity contribution in [3.8, 4) is 0 Å². The first-order valence-electron chi connectivity index (χ1n) is 2.94. The maximum Gasteiger partial charge on any atom is 0.0934 e. The number of aryl methyl sites for hydroxylation is 1. The fourth-order valence-electron chi connectivity index (χ4n) is 0.697. The van der Waals surface area contributed by atoms with E-state index >= 15 is 0 Å². The number of rotatable bonds is 2. The Morgan fingerprint density at radius 3 is 2.56 bits per heavy atom. The van der Waals surface area contributed by atoms with Crippen LogP contribution in [0.15, 0.2) is 24.3 Å². The predicted octanol–water partition coefficient (Wildman–Crippen LogP) is 2.00. The van der Waals surface area contributed by atoms with Crippen LogP contribution in [0.5, 0.6) is 0 Å². The lowest BCUT2D eigenvalue weighted by molar-refractivity contribution is 0.495. The molecule has 0 aliphatic heterocycles. The molecular weight excluding hydrogens is 115 g/mol. The summed E-state index contributed by atoms with van der Waals surface area (Å²) in [5, 5.41) is 0. The van der Waals surface area contributed by atoms with E-state index in [9.17, 15) is 4.39 Å².